The Hall–Kier alpha value is -5.09. The van der Waals surface area contributed by atoms with Crippen LogP contribution >= 0.6 is 0 Å². The Morgan fingerprint density at radius 1 is 0.814 bits per heavy atom. The summed E-state index contributed by atoms with van der Waals surface area (Å²) in [5.74, 6) is -2.50. The summed E-state index contributed by atoms with van der Waals surface area (Å²) in [6.45, 7) is 20.8. The molecule has 59 heavy (non-hydrogen) atoms. The average molecular weight is 811 g/mol. The molecule has 0 spiro atoms. The molecule has 0 bridgehead atoms. The normalized spacial score (nSPS) is 23.4. The van der Waals surface area contributed by atoms with Gasteiger partial charge in [-0.15, -0.1) is 0 Å². The average Bonchev–Trinajstić information content (AvgIpc) is 3.52. The third-order valence-corrected chi connectivity index (χ3v) is 11.3. The van der Waals surface area contributed by atoms with Crippen molar-refractivity contribution in [3.8, 4) is 0 Å². The molecule has 1 aliphatic heterocycles. The van der Waals surface area contributed by atoms with Gasteiger partial charge in [-0.05, 0) is 113 Å². The van der Waals surface area contributed by atoms with Crippen LogP contribution in [0.5, 0.6) is 0 Å². The first-order chi connectivity index (χ1) is 27.7. The van der Waals surface area contributed by atoms with Crippen LogP contribution in [0.3, 0.4) is 0 Å². The Morgan fingerprint density at radius 2 is 1.32 bits per heavy atom. The van der Waals surface area contributed by atoms with Crippen LogP contribution in [-0.4, -0.2) is 40.3 Å². The highest BCUT2D eigenvalue weighted by Crippen LogP contribution is 2.42. The summed E-state index contributed by atoms with van der Waals surface area (Å²) in [7, 11) is 0. The SMILES string of the molecule is CC1=C(/C=C/C(C)=C/C=C/C(C)=C/C(=O)OCC2OC(n3cc(F)c(=O)[nH]c3=O)CC2OC(=O)/C=C(C)/C=C/C=C(C)/C=C/C2=C(C)CCCC2(C)C)C(C)(C)CCC1. The molecule has 3 unspecified atom stereocenters. The van der Waals surface area contributed by atoms with Gasteiger partial charge in [-0.2, -0.15) is 4.39 Å². The van der Waals surface area contributed by atoms with Gasteiger partial charge in [-0.1, -0.05) is 111 Å². The number of aromatic amines is 1. The van der Waals surface area contributed by atoms with E-state index in [0.29, 0.717) is 11.1 Å². The maximum Gasteiger partial charge on any atom is 0.331 e. The topological polar surface area (TPSA) is 117 Å². The quantitative estimate of drug-likeness (QED) is 0.113. The summed E-state index contributed by atoms with van der Waals surface area (Å²) in [6.07, 6.45) is 27.2. The molecule has 0 saturated carbocycles. The Balaban J connectivity index is 1.40. The second-order valence-corrected chi connectivity index (χ2v) is 17.5. The van der Waals surface area contributed by atoms with E-state index in [9.17, 15) is 23.6 Å². The van der Waals surface area contributed by atoms with Gasteiger partial charge in [-0.25, -0.2) is 14.4 Å². The molecule has 1 aromatic heterocycles. The lowest BCUT2D eigenvalue weighted by atomic mass is 9.72. The standard InChI is InChI=1S/C49H63FN2O7/c1-32(21-23-38-36(5)19-13-25-48(38,7)8)15-11-17-34(3)27-44(53)57-31-42-41(29-43(58-42)52-30-40(50)46(55)51-47(52)56)59-45(54)28-35(4)18-12-16-33(2)22-24-39-37(6)20-14-26-49(39,9)10/h11-12,15-18,21-24,27-28,30,41-43H,13-14,19-20,25-26,29,31H2,1-10H3,(H,51,55,56)/b17-11+,18-12+,23-21+,24-22+,32-15+,33-16+,34-27+,35-28+. The number of nitrogens with one attached hydrogen (secondary N) is 1. The molecular weight excluding hydrogens is 748 g/mol. The zero-order valence-electron chi connectivity index (χ0n) is 36.6. The number of esters is 2. The van der Waals surface area contributed by atoms with Crippen LogP contribution in [0.4, 0.5) is 4.39 Å². The van der Waals surface area contributed by atoms with Gasteiger partial charge in [0.25, 0.3) is 5.56 Å². The number of nitrogens with zero attached hydrogens (tertiary/aromatic N) is 1. The van der Waals surface area contributed by atoms with Gasteiger partial charge in [0, 0.05) is 18.6 Å². The number of hydrogen-bond donors (Lipinski definition) is 1. The van der Waals surface area contributed by atoms with Crippen LogP contribution in [0.25, 0.3) is 0 Å². The number of allylic oxidation sites excluding steroid dienone is 18. The van der Waals surface area contributed by atoms with Crippen LogP contribution in [-0.2, 0) is 23.8 Å². The zero-order chi connectivity index (χ0) is 43.5. The fraction of sp³-hybridized carbons (Fsp3) is 0.469. The van der Waals surface area contributed by atoms with Gasteiger partial charge in [-0.3, -0.25) is 14.3 Å². The van der Waals surface area contributed by atoms with Gasteiger partial charge in [0.15, 0.2) is 0 Å². The van der Waals surface area contributed by atoms with Gasteiger partial charge in [0.05, 0.1) is 6.20 Å². The minimum absolute atomic E-state index is 0.0604. The maximum absolute atomic E-state index is 14.2. The summed E-state index contributed by atoms with van der Waals surface area (Å²) < 4.78 is 32.3. The molecule has 1 saturated heterocycles. The monoisotopic (exact) mass is 810 g/mol. The zero-order valence-corrected chi connectivity index (χ0v) is 36.6. The predicted molar refractivity (Wildman–Crippen MR) is 233 cm³/mol. The molecule has 1 aromatic rings. The highest BCUT2D eigenvalue weighted by atomic mass is 19.1. The summed E-state index contributed by atoms with van der Waals surface area (Å²) in [5.41, 5.74) is 7.28. The molecule has 1 fully saturated rings. The Kier molecular flexibility index (Phi) is 16.4. The largest absolute Gasteiger partial charge is 0.460 e. The third kappa shape index (κ3) is 13.7. The molecule has 0 radical (unpaired) electrons. The smallest absolute Gasteiger partial charge is 0.331 e. The first kappa shape index (κ1) is 46.6. The van der Waals surface area contributed by atoms with Gasteiger partial charge in [0.1, 0.15) is 25.0 Å². The van der Waals surface area contributed by atoms with Crippen molar-refractivity contribution < 1.29 is 28.2 Å². The fourth-order valence-corrected chi connectivity index (χ4v) is 7.94. The lowest BCUT2D eigenvalue weighted by Gasteiger charge is -2.33. The molecule has 4 rings (SSSR count). The van der Waals surface area contributed by atoms with E-state index in [1.54, 1.807) is 26.0 Å². The summed E-state index contributed by atoms with van der Waals surface area (Å²) >= 11 is 0. The van der Waals surface area contributed by atoms with Crippen molar-refractivity contribution in [1.29, 1.82) is 0 Å². The minimum atomic E-state index is -1.18. The van der Waals surface area contributed by atoms with Crippen molar-refractivity contribution in [2.24, 2.45) is 10.8 Å². The van der Waals surface area contributed by atoms with E-state index < -0.39 is 47.4 Å². The van der Waals surface area contributed by atoms with Crippen LogP contribution in [0.15, 0.2) is 133 Å². The second kappa shape index (κ2) is 20.7. The first-order valence-electron chi connectivity index (χ1n) is 20.6. The summed E-state index contributed by atoms with van der Waals surface area (Å²) in [6, 6.07) is 0. The lowest BCUT2D eigenvalue weighted by molar-refractivity contribution is -0.152. The second-order valence-electron chi connectivity index (χ2n) is 17.5. The van der Waals surface area contributed by atoms with Gasteiger partial charge < -0.3 is 14.2 Å². The van der Waals surface area contributed by atoms with Crippen molar-refractivity contribution in [2.75, 3.05) is 6.61 Å². The third-order valence-electron chi connectivity index (χ3n) is 11.3. The molecule has 9 nitrogen and oxygen atoms in total. The fourth-order valence-electron chi connectivity index (χ4n) is 7.94. The molecule has 318 valence electrons. The van der Waals surface area contributed by atoms with E-state index in [1.165, 1.54) is 60.1 Å². The van der Waals surface area contributed by atoms with E-state index in [1.807, 2.05) is 43.1 Å². The van der Waals surface area contributed by atoms with Crippen molar-refractivity contribution in [2.45, 2.75) is 133 Å². The van der Waals surface area contributed by atoms with Crippen LogP contribution in [0.1, 0.15) is 120 Å². The van der Waals surface area contributed by atoms with E-state index in [-0.39, 0.29) is 23.9 Å². The molecule has 2 heterocycles. The summed E-state index contributed by atoms with van der Waals surface area (Å²) in [4.78, 5) is 52.1. The minimum Gasteiger partial charge on any atom is -0.460 e. The number of halogens is 1. The highest BCUT2D eigenvalue weighted by Gasteiger charge is 2.40. The molecule has 1 N–H and O–H groups in total. The Bertz CT molecular complexity index is 2180. The molecule has 3 atom stereocenters. The lowest BCUT2D eigenvalue weighted by Crippen LogP contribution is -2.34. The van der Waals surface area contributed by atoms with Crippen LogP contribution < -0.4 is 11.2 Å². The molecule has 10 heteroatoms. The van der Waals surface area contributed by atoms with E-state index in [4.69, 9.17) is 14.2 Å². The first-order valence-corrected chi connectivity index (χ1v) is 20.6. The Labute approximate surface area is 349 Å². The van der Waals surface area contributed by atoms with Crippen molar-refractivity contribution >= 4 is 11.9 Å². The van der Waals surface area contributed by atoms with Gasteiger partial charge in [0.2, 0.25) is 5.82 Å². The predicted octanol–water partition coefficient (Wildman–Crippen LogP) is 10.5. The number of ether oxygens (including phenoxy) is 3. The van der Waals surface area contributed by atoms with Crippen molar-refractivity contribution in [1.82, 2.24) is 9.55 Å². The maximum atomic E-state index is 14.2. The highest BCUT2D eigenvalue weighted by molar-refractivity contribution is 5.84. The van der Waals surface area contributed by atoms with Crippen molar-refractivity contribution in [3.05, 3.63) is 150 Å². The number of carbonyl (C=O) groups is 2. The number of hydrogen-bond acceptors (Lipinski definition) is 7. The summed E-state index contributed by atoms with van der Waals surface area (Å²) in [5, 5.41) is 0. The number of H-pyrrole nitrogens is 1. The van der Waals surface area contributed by atoms with Crippen molar-refractivity contribution in [3.63, 3.8) is 0 Å². The van der Waals surface area contributed by atoms with Crippen LogP contribution in [0.2, 0.25) is 0 Å². The Morgan fingerprint density at radius 3 is 1.83 bits per heavy atom. The van der Waals surface area contributed by atoms with E-state index in [0.717, 1.165) is 34.8 Å². The number of rotatable bonds is 14. The van der Waals surface area contributed by atoms with Gasteiger partial charge >= 0.3 is 17.6 Å². The molecule has 2 aliphatic carbocycles. The number of aromatic nitrogens is 2. The molecule has 3 aliphatic rings. The molecule has 0 aromatic carbocycles. The molecule has 0 amide bonds. The van der Waals surface area contributed by atoms with Crippen LogP contribution in [0, 0.1) is 16.6 Å². The van der Waals surface area contributed by atoms with E-state index in [2.05, 4.69) is 65.8 Å². The van der Waals surface area contributed by atoms with E-state index >= 15 is 0 Å². The number of carbonyl (C=O) groups excluding carboxylic acids is 2. The molecular formula is C49H63FN2O7.